The number of nitrogens with zero attached hydrogens (tertiary/aromatic N) is 2. The van der Waals surface area contributed by atoms with Crippen molar-refractivity contribution in [2.75, 3.05) is 24.1 Å². The number of rotatable bonds is 4. The molecule has 2 aromatic rings. The minimum absolute atomic E-state index is 0. The molecule has 1 amide bonds. The predicted molar refractivity (Wildman–Crippen MR) is 96.2 cm³/mol. The Kier molecular flexibility index (Phi) is 5.81. The van der Waals surface area contributed by atoms with Gasteiger partial charge >= 0.3 is 0 Å². The molecule has 24 heavy (non-hydrogen) atoms. The molecule has 3 N–H and O–H groups in total. The molecule has 0 bridgehead atoms. The van der Waals surface area contributed by atoms with Crippen molar-refractivity contribution in [3.05, 3.63) is 34.7 Å². The van der Waals surface area contributed by atoms with E-state index >= 15 is 0 Å². The first-order chi connectivity index (χ1) is 11.0. The van der Waals surface area contributed by atoms with Crippen molar-refractivity contribution in [2.45, 2.75) is 17.7 Å². The molecular weight excluding hydrogens is 372 g/mol. The van der Waals surface area contributed by atoms with E-state index in [0.29, 0.717) is 24.6 Å². The molecule has 2 aromatic heterocycles. The number of pyridine rings is 1. The molecule has 1 saturated heterocycles. The van der Waals surface area contributed by atoms with Gasteiger partial charge in [0.1, 0.15) is 15.6 Å². The molecule has 0 spiro atoms. The molecule has 1 aliphatic heterocycles. The Balaban J connectivity index is 0.00000208. The first-order valence-corrected chi connectivity index (χ1v) is 9.41. The summed E-state index contributed by atoms with van der Waals surface area (Å²) in [7, 11) is -3.62. The van der Waals surface area contributed by atoms with Crippen molar-refractivity contribution in [1.29, 1.82) is 0 Å². The van der Waals surface area contributed by atoms with Crippen molar-refractivity contribution in [2.24, 2.45) is 0 Å². The van der Waals surface area contributed by atoms with Crippen LogP contribution in [0.5, 0.6) is 0 Å². The third-order valence-corrected chi connectivity index (χ3v) is 6.55. The Bertz CT molecular complexity index is 815. The summed E-state index contributed by atoms with van der Waals surface area (Å²) < 4.78 is 26.7. The average Bonchev–Trinajstić information content (AvgIpc) is 3.21. The van der Waals surface area contributed by atoms with Gasteiger partial charge in [0.2, 0.25) is 10.0 Å². The molecule has 7 nitrogen and oxygen atoms in total. The molecule has 0 radical (unpaired) electrons. The monoisotopic (exact) mass is 388 g/mol. The van der Waals surface area contributed by atoms with Gasteiger partial charge in [-0.25, -0.2) is 13.4 Å². The topological polar surface area (TPSA) is 105 Å². The Labute approximate surface area is 150 Å². The van der Waals surface area contributed by atoms with Crippen LogP contribution in [0.15, 0.2) is 34.7 Å². The minimum Gasteiger partial charge on any atom is -0.384 e. The summed E-state index contributed by atoms with van der Waals surface area (Å²) in [5.74, 6) is -0.124. The van der Waals surface area contributed by atoms with Gasteiger partial charge in [-0.3, -0.25) is 4.79 Å². The number of hydrogen-bond donors (Lipinski definition) is 2. The number of nitrogen functional groups attached to an aromatic ring is 1. The number of amides is 1. The molecule has 1 fully saturated rings. The number of nitrogens with one attached hydrogen (secondary N) is 1. The van der Waals surface area contributed by atoms with E-state index in [4.69, 9.17) is 5.73 Å². The highest BCUT2D eigenvalue weighted by Crippen LogP contribution is 2.28. The zero-order valence-electron chi connectivity index (χ0n) is 12.6. The van der Waals surface area contributed by atoms with E-state index in [-0.39, 0.29) is 22.2 Å². The van der Waals surface area contributed by atoms with E-state index in [0.717, 1.165) is 24.2 Å². The second kappa shape index (κ2) is 7.47. The largest absolute Gasteiger partial charge is 0.384 e. The van der Waals surface area contributed by atoms with Crippen LogP contribution in [-0.4, -0.2) is 36.7 Å². The standard InChI is InChI=1S/C14H16N4O3S2.ClH/c15-12-4-3-10(9-16-12)17-14(19)13-11(5-8-22-13)23(20,21)18-6-1-2-7-18;/h3-5,8-9H,1-2,6-7H2,(H2,15,16)(H,17,19);1H. The third-order valence-electron chi connectivity index (χ3n) is 3.56. The molecule has 3 heterocycles. The van der Waals surface area contributed by atoms with Crippen LogP contribution in [0, 0.1) is 0 Å². The first-order valence-electron chi connectivity index (χ1n) is 7.09. The van der Waals surface area contributed by atoms with Gasteiger partial charge in [-0.2, -0.15) is 4.31 Å². The number of carbonyl (C=O) groups excluding carboxylic acids is 1. The molecule has 0 saturated carbocycles. The Morgan fingerprint density at radius 1 is 1.25 bits per heavy atom. The summed E-state index contributed by atoms with van der Waals surface area (Å²) in [6.45, 7) is 1.00. The maximum atomic E-state index is 12.6. The van der Waals surface area contributed by atoms with Gasteiger partial charge in [0.05, 0.1) is 11.9 Å². The molecule has 1 aliphatic rings. The van der Waals surface area contributed by atoms with Crippen LogP contribution in [0.4, 0.5) is 11.5 Å². The number of anilines is 2. The highest BCUT2D eigenvalue weighted by Gasteiger charge is 2.31. The van der Waals surface area contributed by atoms with Crippen LogP contribution in [0.1, 0.15) is 22.5 Å². The van der Waals surface area contributed by atoms with E-state index < -0.39 is 15.9 Å². The van der Waals surface area contributed by atoms with Crippen molar-refractivity contribution < 1.29 is 13.2 Å². The summed E-state index contributed by atoms with van der Waals surface area (Å²) >= 11 is 1.10. The van der Waals surface area contributed by atoms with Gasteiger partial charge in [0.15, 0.2) is 0 Å². The number of sulfonamides is 1. The summed E-state index contributed by atoms with van der Waals surface area (Å²) in [6, 6.07) is 4.66. The van der Waals surface area contributed by atoms with Gasteiger partial charge in [-0.15, -0.1) is 23.7 Å². The number of carbonyl (C=O) groups is 1. The fourth-order valence-corrected chi connectivity index (χ4v) is 5.21. The molecule has 0 unspecified atom stereocenters. The summed E-state index contributed by atoms with van der Waals surface area (Å²) in [5.41, 5.74) is 5.96. The van der Waals surface area contributed by atoms with Gasteiger partial charge in [0, 0.05) is 13.1 Å². The number of halogens is 1. The fraction of sp³-hybridized carbons (Fsp3) is 0.286. The number of hydrogen-bond acceptors (Lipinski definition) is 6. The van der Waals surface area contributed by atoms with Crippen molar-refractivity contribution in [3.63, 3.8) is 0 Å². The molecular formula is C14H17ClN4O3S2. The van der Waals surface area contributed by atoms with Crippen LogP contribution in [0.3, 0.4) is 0 Å². The molecule has 0 aliphatic carbocycles. The van der Waals surface area contributed by atoms with E-state index in [1.54, 1.807) is 17.5 Å². The lowest BCUT2D eigenvalue weighted by molar-refractivity contribution is 0.102. The summed E-state index contributed by atoms with van der Waals surface area (Å²) in [6.07, 6.45) is 3.12. The van der Waals surface area contributed by atoms with Gasteiger partial charge in [-0.05, 0) is 36.4 Å². The van der Waals surface area contributed by atoms with E-state index in [2.05, 4.69) is 10.3 Å². The Morgan fingerprint density at radius 3 is 2.58 bits per heavy atom. The van der Waals surface area contributed by atoms with Gasteiger partial charge in [-0.1, -0.05) is 0 Å². The minimum atomic E-state index is -3.62. The number of thiophene rings is 1. The van der Waals surface area contributed by atoms with Crippen molar-refractivity contribution in [3.8, 4) is 0 Å². The molecule has 0 aromatic carbocycles. The van der Waals surface area contributed by atoms with Crippen LogP contribution >= 0.6 is 23.7 Å². The normalized spacial score (nSPS) is 15.0. The lowest BCUT2D eigenvalue weighted by atomic mass is 10.3. The van der Waals surface area contributed by atoms with Gasteiger partial charge < -0.3 is 11.1 Å². The van der Waals surface area contributed by atoms with E-state index in [1.165, 1.54) is 16.6 Å². The lowest BCUT2D eigenvalue weighted by Crippen LogP contribution is -2.29. The maximum absolute atomic E-state index is 12.6. The SMILES string of the molecule is Cl.Nc1ccc(NC(=O)c2sccc2S(=O)(=O)N2CCCC2)cn1. The van der Waals surface area contributed by atoms with E-state index in [1.807, 2.05) is 0 Å². The quantitative estimate of drug-likeness (QED) is 0.835. The molecule has 3 rings (SSSR count). The highest BCUT2D eigenvalue weighted by atomic mass is 35.5. The average molecular weight is 389 g/mol. The highest BCUT2D eigenvalue weighted by molar-refractivity contribution is 7.89. The Morgan fingerprint density at radius 2 is 1.96 bits per heavy atom. The zero-order valence-corrected chi connectivity index (χ0v) is 15.1. The van der Waals surface area contributed by atoms with E-state index in [9.17, 15) is 13.2 Å². The molecule has 10 heteroatoms. The molecule has 130 valence electrons. The van der Waals surface area contributed by atoms with Crippen LogP contribution < -0.4 is 11.1 Å². The predicted octanol–water partition coefficient (Wildman–Crippen LogP) is 2.18. The summed E-state index contributed by atoms with van der Waals surface area (Å²) in [5, 5.41) is 4.26. The number of aromatic nitrogens is 1. The van der Waals surface area contributed by atoms with Crippen molar-refractivity contribution in [1.82, 2.24) is 9.29 Å². The smallest absolute Gasteiger partial charge is 0.267 e. The second-order valence-electron chi connectivity index (χ2n) is 5.15. The Hall–Kier alpha value is -1.68. The van der Waals surface area contributed by atoms with Gasteiger partial charge in [0.25, 0.3) is 5.91 Å². The van der Waals surface area contributed by atoms with Crippen LogP contribution in [-0.2, 0) is 10.0 Å². The third kappa shape index (κ3) is 3.69. The first kappa shape index (κ1) is 18.7. The van der Waals surface area contributed by atoms with Crippen molar-refractivity contribution >= 4 is 51.2 Å². The fourth-order valence-electron chi connectivity index (χ4n) is 2.40. The second-order valence-corrected chi connectivity index (χ2v) is 7.97. The number of nitrogens with two attached hydrogens (primary N) is 1. The maximum Gasteiger partial charge on any atom is 0.267 e. The van der Waals surface area contributed by atoms with Crippen LogP contribution in [0.25, 0.3) is 0 Å². The van der Waals surface area contributed by atoms with Crippen LogP contribution in [0.2, 0.25) is 0 Å². The zero-order chi connectivity index (χ0) is 16.4. The lowest BCUT2D eigenvalue weighted by Gasteiger charge is -2.15. The summed E-state index contributed by atoms with van der Waals surface area (Å²) in [4.78, 5) is 16.5. The molecule has 0 atom stereocenters.